The van der Waals surface area contributed by atoms with Crippen LogP contribution in [0.3, 0.4) is 0 Å². The van der Waals surface area contributed by atoms with Crippen molar-refractivity contribution in [3.8, 4) is 0 Å². The standard InChI is InChI=1S/C6H16N2.2C3H8N.CH3.Al/c1-7-5-4-6-8(2)3;2*1-3-4-2;;/h7H,4-6H2,1-3H3;2*3H2,1-2H3;1H3;/q;2*-1;;+2. The van der Waals surface area contributed by atoms with E-state index in [1.54, 1.807) is 0 Å². The fourth-order valence-corrected chi connectivity index (χ4v) is 3.17. The zero-order valence-corrected chi connectivity index (χ0v) is 15.1. The molecule has 18 heavy (non-hydrogen) atoms. The number of nitrogens with zero attached hydrogens (tertiary/aromatic N) is 3. The SMILES string of the molecule is CC[N](C)[Al]([CH3])[N](C)CC.CNCCCN(C)C. The molecule has 0 heterocycles. The largest absolute Gasteiger partial charge is 0.484 e. The average molecular weight is 274 g/mol. The summed E-state index contributed by atoms with van der Waals surface area (Å²) in [5.74, 6) is 2.37. The highest BCUT2D eigenvalue weighted by Gasteiger charge is 2.21. The maximum atomic E-state index is 3.10. The van der Waals surface area contributed by atoms with Gasteiger partial charge in [-0.15, -0.1) is 0 Å². The lowest BCUT2D eigenvalue weighted by molar-refractivity contribution is 0.397. The summed E-state index contributed by atoms with van der Waals surface area (Å²) in [5, 5.41) is 3.10. The Labute approximate surface area is 120 Å². The molecule has 0 fully saturated rings. The second-order valence-electron chi connectivity index (χ2n) is 5.04. The van der Waals surface area contributed by atoms with Crippen LogP contribution in [0.1, 0.15) is 20.3 Å². The number of nitrogens with one attached hydrogen (secondary N) is 1. The van der Waals surface area contributed by atoms with E-state index >= 15 is 0 Å². The smallest absolute Gasteiger partial charge is 0.374 e. The monoisotopic (exact) mass is 274 g/mol. The van der Waals surface area contributed by atoms with Gasteiger partial charge < -0.3 is 18.0 Å². The summed E-state index contributed by atoms with van der Waals surface area (Å²) in [6.07, 6.45) is 1.24. The summed E-state index contributed by atoms with van der Waals surface area (Å²) in [6.45, 7) is 9.09. The van der Waals surface area contributed by atoms with Gasteiger partial charge in [0.25, 0.3) is 0 Å². The van der Waals surface area contributed by atoms with Crippen molar-refractivity contribution in [3.05, 3.63) is 0 Å². The quantitative estimate of drug-likeness (QED) is 0.530. The molecule has 5 heteroatoms. The Morgan fingerprint density at radius 3 is 1.67 bits per heavy atom. The molecule has 0 amide bonds. The lowest BCUT2D eigenvalue weighted by Crippen LogP contribution is -2.46. The Hall–Kier alpha value is 0.372. The van der Waals surface area contributed by atoms with Gasteiger partial charge in [-0.2, -0.15) is 0 Å². The van der Waals surface area contributed by atoms with E-state index in [0.717, 1.165) is 6.54 Å². The predicted molar refractivity (Wildman–Crippen MR) is 85.3 cm³/mol. The van der Waals surface area contributed by atoms with Crippen LogP contribution in [-0.2, 0) is 0 Å². The lowest BCUT2D eigenvalue weighted by Gasteiger charge is -2.26. The molecule has 0 aromatic heterocycles. The van der Waals surface area contributed by atoms with Crippen LogP contribution in [0.15, 0.2) is 0 Å². The molecule has 0 bridgehead atoms. The van der Waals surface area contributed by atoms with Crippen molar-refractivity contribution in [2.75, 3.05) is 61.4 Å². The lowest BCUT2D eigenvalue weighted by atomic mass is 10.4. The molecule has 0 radical (unpaired) electrons. The summed E-state index contributed by atoms with van der Waals surface area (Å²) in [7, 11) is 10.6. The van der Waals surface area contributed by atoms with E-state index in [0.29, 0.717) is 0 Å². The normalized spacial score (nSPS) is 10.8. The maximum absolute atomic E-state index is 3.10. The molecule has 0 aromatic carbocycles. The molecule has 0 spiro atoms. The van der Waals surface area contributed by atoms with Crippen LogP contribution in [0.25, 0.3) is 0 Å². The van der Waals surface area contributed by atoms with Crippen LogP contribution >= 0.6 is 0 Å². The van der Waals surface area contributed by atoms with E-state index < -0.39 is 14.6 Å². The molecule has 0 aliphatic rings. The second-order valence-corrected chi connectivity index (χ2v) is 8.07. The summed E-state index contributed by atoms with van der Waals surface area (Å²) < 4.78 is 4.92. The van der Waals surface area contributed by atoms with Crippen LogP contribution in [0, 0.1) is 0 Å². The minimum Gasteiger partial charge on any atom is -0.374 e. The third kappa shape index (κ3) is 12.8. The van der Waals surface area contributed by atoms with E-state index in [4.69, 9.17) is 0 Å². The van der Waals surface area contributed by atoms with Crippen molar-refractivity contribution >= 4 is 14.6 Å². The van der Waals surface area contributed by atoms with Gasteiger partial charge in [0, 0.05) is 0 Å². The highest BCUT2D eigenvalue weighted by molar-refractivity contribution is 6.50. The first-order valence-corrected chi connectivity index (χ1v) is 9.29. The Morgan fingerprint density at radius 2 is 1.39 bits per heavy atom. The van der Waals surface area contributed by atoms with Crippen molar-refractivity contribution in [2.24, 2.45) is 0 Å². The third-order valence-corrected chi connectivity index (χ3v) is 6.59. The first kappa shape index (κ1) is 20.7. The van der Waals surface area contributed by atoms with Crippen molar-refractivity contribution in [2.45, 2.75) is 26.1 Å². The Balaban J connectivity index is 0. The van der Waals surface area contributed by atoms with Gasteiger partial charge in [0.05, 0.1) is 0 Å². The molecular weight excluding hydrogens is 239 g/mol. The molecule has 4 nitrogen and oxygen atoms in total. The van der Waals surface area contributed by atoms with Crippen LogP contribution in [0.4, 0.5) is 0 Å². The van der Waals surface area contributed by atoms with Crippen molar-refractivity contribution in [3.63, 3.8) is 0 Å². The molecule has 0 aliphatic carbocycles. The van der Waals surface area contributed by atoms with Gasteiger partial charge >= 0.3 is 14.6 Å². The predicted octanol–water partition coefficient (Wildman–Crippen LogP) is 1.17. The van der Waals surface area contributed by atoms with Crippen LogP contribution in [-0.4, -0.2) is 88.7 Å². The van der Waals surface area contributed by atoms with E-state index in [1.807, 2.05) is 7.05 Å². The Morgan fingerprint density at radius 1 is 0.944 bits per heavy atom. The summed E-state index contributed by atoms with van der Waals surface area (Å²) in [5.41, 5.74) is 0. The van der Waals surface area contributed by atoms with Crippen LogP contribution < -0.4 is 5.32 Å². The van der Waals surface area contributed by atoms with E-state index in [1.165, 1.54) is 26.1 Å². The molecule has 0 atom stereocenters. The van der Waals surface area contributed by atoms with E-state index in [9.17, 15) is 0 Å². The van der Waals surface area contributed by atoms with Crippen molar-refractivity contribution in [1.29, 1.82) is 0 Å². The van der Waals surface area contributed by atoms with Gasteiger partial charge in [0.2, 0.25) is 0 Å². The fraction of sp³-hybridized carbons (Fsp3) is 1.00. The molecule has 0 unspecified atom stereocenters. The molecule has 110 valence electrons. The molecule has 0 saturated carbocycles. The molecule has 0 aromatic rings. The summed E-state index contributed by atoms with van der Waals surface area (Å²) in [4.78, 5) is 2.19. The van der Waals surface area contributed by atoms with Crippen molar-refractivity contribution < 1.29 is 0 Å². The third-order valence-electron chi connectivity index (χ3n) is 3.31. The molecule has 0 rings (SSSR count). The van der Waals surface area contributed by atoms with Gasteiger partial charge in [-0.05, 0) is 67.8 Å². The number of hydrogen-bond donors (Lipinski definition) is 1. The van der Waals surface area contributed by atoms with Gasteiger partial charge in [-0.25, -0.2) is 0 Å². The maximum Gasteiger partial charge on any atom is 0.484 e. The number of rotatable bonds is 8. The molecule has 0 aliphatic heterocycles. The van der Waals surface area contributed by atoms with E-state index in [-0.39, 0.29) is 0 Å². The zero-order chi connectivity index (χ0) is 14.6. The minimum absolute atomic E-state index is 0.724. The van der Waals surface area contributed by atoms with Gasteiger partial charge in [0.15, 0.2) is 0 Å². The van der Waals surface area contributed by atoms with E-state index in [2.05, 4.69) is 65.8 Å². The highest BCUT2D eigenvalue weighted by atomic mass is 27.2. The topological polar surface area (TPSA) is 21.8 Å². The first-order valence-electron chi connectivity index (χ1n) is 7.10. The Kier molecular flexibility index (Phi) is 15.9. The average Bonchev–Trinajstić information content (AvgIpc) is 2.36. The van der Waals surface area contributed by atoms with Gasteiger partial charge in [0.1, 0.15) is 0 Å². The molecule has 1 N–H and O–H groups in total. The highest BCUT2D eigenvalue weighted by Crippen LogP contribution is 1.94. The van der Waals surface area contributed by atoms with Crippen LogP contribution in [0.5, 0.6) is 0 Å². The second kappa shape index (κ2) is 13.8. The Bertz CT molecular complexity index is 157. The fourth-order valence-electron chi connectivity index (χ4n) is 1.44. The molecule has 0 saturated heterocycles. The van der Waals surface area contributed by atoms with Crippen molar-refractivity contribution in [1.82, 2.24) is 18.0 Å². The summed E-state index contributed by atoms with van der Waals surface area (Å²) >= 11 is -0.724. The molecular formula is C13H35AlN4. The first-order chi connectivity index (χ1) is 8.40. The van der Waals surface area contributed by atoms with Crippen LogP contribution in [0.2, 0.25) is 5.79 Å². The minimum atomic E-state index is -0.724. The van der Waals surface area contributed by atoms with Gasteiger partial charge in [-0.1, -0.05) is 19.6 Å². The zero-order valence-electron chi connectivity index (χ0n) is 14.0. The number of hydrogen-bond acceptors (Lipinski definition) is 4. The van der Waals surface area contributed by atoms with Gasteiger partial charge in [-0.3, -0.25) is 0 Å². The summed E-state index contributed by atoms with van der Waals surface area (Å²) in [6, 6.07) is 0.